The fraction of sp³-hybridized carbons (Fsp3) is 0.250. The van der Waals surface area contributed by atoms with Crippen LogP contribution in [0.15, 0.2) is 44.8 Å². The van der Waals surface area contributed by atoms with E-state index in [1.807, 2.05) is 38.1 Å². The van der Waals surface area contributed by atoms with Crippen molar-refractivity contribution in [2.75, 3.05) is 0 Å². The number of hydrogen-bond donors (Lipinski definition) is 1. The number of para-hydroxylation sites is 2. The summed E-state index contributed by atoms with van der Waals surface area (Å²) in [7, 11) is 0. The molecule has 3 aromatic heterocycles. The maximum absolute atomic E-state index is 12.2. The van der Waals surface area contributed by atoms with Gasteiger partial charge in [-0.1, -0.05) is 23.9 Å². The molecule has 7 nitrogen and oxygen atoms in total. The number of fused-ring (bicyclic) bond motifs is 2. The SMILES string of the molecule is CC(C)n1ncc2c(=O)[nH]c(SCc3nc4ccccc4o3)nc21. The summed E-state index contributed by atoms with van der Waals surface area (Å²) in [4.78, 5) is 23.9. The molecule has 24 heavy (non-hydrogen) atoms. The summed E-state index contributed by atoms with van der Waals surface area (Å²) in [5, 5.41) is 5.26. The zero-order valence-corrected chi connectivity index (χ0v) is 14.0. The standard InChI is InChI=1S/C16H15N5O2S/c1-9(2)21-14-10(7-17-21)15(22)20-16(19-14)24-8-13-18-11-5-3-4-6-12(11)23-13/h3-7,9H,8H2,1-2H3,(H,19,20,22). The summed E-state index contributed by atoms with van der Waals surface area (Å²) in [6.07, 6.45) is 1.55. The summed E-state index contributed by atoms with van der Waals surface area (Å²) < 4.78 is 7.43. The molecule has 8 heteroatoms. The van der Waals surface area contributed by atoms with Gasteiger partial charge in [-0.05, 0) is 26.0 Å². The lowest BCUT2D eigenvalue weighted by Gasteiger charge is -2.06. The number of thioether (sulfide) groups is 1. The summed E-state index contributed by atoms with van der Waals surface area (Å²) in [5.41, 5.74) is 1.98. The molecule has 1 N–H and O–H groups in total. The van der Waals surface area contributed by atoms with Crippen LogP contribution in [0.1, 0.15) is 25.8 Å². The number of aromatic amines is 1. The van der Waals surface area contributed by atoms with Crippen LogP contribution in [-0.2, 0) is 5.75 Å². The maximum atomic E-state index is 12.2. The van der Waals surface area contributed by atoms with E-state index in [0.717, 1.165) is 11.1 Å². The van der Waals surface area contributed by atoms with E-state index in [1.165, 1.54) is 11.8 Å². The van der Waals surface area contributed by atoms with Crippen molar-refractivity contribution in [1.29, 1.82) is 0 Å². The third kappa shape index (κ3) is 2.58. The minimum atomic E-state index is -0.188. The van der Waals surface area contributed by atoms with Crippen LogP contribution < -0.4 is 5.56 Å². The third-order valence-electron chi connectivity index (χ3n) is 3.60. The van der Waals surface area contributed by atoms with Gasteiger partial charge >= 0.3 is 0 Å². The highest BCUT2D eigenvalue weighted by Crippen LogP contribution is 2.23. The van der Waals surface area contributed by atoms with Gasteiger partial charge in [0.2, 0.25) is 5.89 Å². The molecular weight excluding hydrogens is 326 g/mol. The van der Waals surface area contributed by atoms with E-state index in [9.17, 15) is 4.79 Å². The average molecular weight is 341 g/mol. The number of hydrogen-bond acceptors (Lipinski definition) is 6. The number of nitrogens with one attached hydrogen (secondary N) is 1. The molecule has 0 radical (unpaired) electrons. The fourth-order valence-corrected chi connectivity index (χ4v) is 3.17. The monoisotopic (exact) mass is 341 g/mol. The van der Waals surface area contributed by atoms with Crippen LogP contribution >= 0.6 is 11.8 Å². The van der Waals surface area contributed by atoms with Crippen LogP contribution in [0.4, 0.5) is 0 Å². The van der Waals surface area contributed by atoms with Crippen molar-refractivity contribution in [3.05, 3.63) is 46.7 Å². The van der Waals surface area contributed by atoms with Crippen molar-refractivity contribution < 1.29 is 4.42 Å². The molecule has 122 valence electrons. The average Bonchev–Trinajstić information content (AvgIpc) is 3.16. The minimum absolute atomic E-state index is 0.131. The van der Waals surface area contributed by atoms with E-state index in [-0.39, 0.29) is 11.6 Å². The summed E-state index contributed by atoms with van der Waals surface area (Å²) in [5.74, 6) is 1.08. The quantitative estimate of drug-likeness (QED) is 0.453. The molecule has 0 bridgehead atoms. The molecule has 1 aromatic carbocycles. The Labute approximate surface area is 141 Å². The van der Waals surface area contributed by atoms with E-state index in [0.29, 0.717) is 27.8 Å². The molecule has 0 atom stereocenters. The zero-order chi connectivity index (χ0) is 16.7. The Kier molecular flexibility index (Phi) is 3.61. The largest absolute Gasteiger partial charge is 0.440 e. The van der Waals surface area contributed by atoms with Gasteiger partial charge in [0.15, 0.2) is 16.4 Å². The Morgan fingerprint density at radius 1 is 1.29 bits per heavy atom. The van der Waals surface area contributed by atoms with Gasteiger partial charge in [-0.25, -0.2) is 14.6 Å². The van der Waals surface area contributed by atoms with Gasteiger partial charge in [0, 0.05) is 6.04 Å². The van der Waals surface area contributed by atoms with Crippen LogP contribution in [0.5, 0.6) is 0 Å². The van der Waals surface area contributed by atoms with Gasteiger partial charge in [-0.2, -0.15) is 5.10 Å². The molecule has 0 saturated carbocycles. The van der Waals surface area contributed by atoms with Crippen molar-refractivity contribution in [3.63, 3.8) is 0 Å². The Balaban J connectivity index is 1.64. The Morgan fingerprint density at radius 2 is 2.12 bits per heavy atom. The van der Waals surface area contributed by atoms with Gasteiger partial charge in [-0.15, -0.1) is 0 Å². The minimum Gasteiger partial charge on any atom is -0.440 e. The highest BCUT2D eigenvalue weighted by atomic mass is 32.2. The third-order valence-corrected chi connectivity index (χ3v) is 4.46. The summed E-state index contributed by atoms with van der Waals surface area (Å²) in [6.45, 7) is 4.00. The van der Waals surface area contributed by atoms with Gasteiger partial charge in [0.05, 0.1) is 11.9 Å². The number of H-pyrrole nitrogens is 1. The maximum Gasteiger partial charge on any atom is 0.262 e. The lowest BCUT2D eigenvalue weighted by Crippen LogP contribution is -2.11. The number of aromatic nitrogens is 5. The Bertz CT molecular complexity index is 1050. The van der Waals surface area contributed by atoms with Gasteiger partial charge in [0.25, 0.3) is 5.56 Å². The number of rotatable bonds is 4. The number of benzene rings is 1. The Morgan fingerprint density at radius 3 is 2.92 bits per heavy atom. The van der Waals surface area contributed by atoms with Crippen LogP contribution in [-0.4, -0.2) is 24.7 Å². The van der Waals surface area contributed by atoms with Crippen LogP contribution in [0.3, 0.4) is 0 Å². The predicted octanol–water partition coefficient (Wildman–Crippen LogP) is 3.13. The molecular formula is C16H15N5O2S. The fourth-order valence-electron chi connectivity index (χ4n) is 2.47. The second-order valence-electron chi connectivity index (χ2n) is 5.66. The number of oxazole rings is 1. The molecule has 0 aliphatic carbocycles. The predicted molar refractivity (Wildman–Crippen MR) is 92.1 cm³/mol. The van der Waals surface area contributed by atoms with E-state index < -0.39 is 0 Å². The van der Waals surface area contributed by atoms with Crippen LogP contribution in [0.25, 0.3) is 22.1 Å². The highest BCUT2D eigenvalue weighted by Gasteiger charge is 2.13. The highest BCUT2D eigenvalue weighted by molar-refractivity contribution is 7.98. The van der Waals surface area contributed by atoms with Gasteiger partial charge in [-0.3, -0.25) is 4.79 Å². The first-order valence-corrected chi connectivity index (χ1v) is 8.55. The Hall–Kier alpha value is -2.61. The number of nitrogens with zero attached hydrogens (tertiary/aromatic N) is 4. The lowest BCUT2D eigenvalue weighted by molar-refractivity contribution is 0.544. The first kappa shape index (κ1) is 14.9. The second kappa shape index (κ2) is 5.79. The molecule has 0 spiro atoms. The van der Waals surface area contributed by atoms with E-state index in [1.54, 1.807) is 10.9 Å². The van der Waals surface area contributed by atoms with E-state index >= 15 is 0 Å². The van der Waals surface area contributed by atoms with Crippen molar-refractivity contribution in [2.24, 2.45) is 0 Å². The molecule has 0 fully saturated rings. The van der Waals surface area contributed by atoms with Crippen LogP contribution in [0, 0.1) is 0 Å². The molecule has 3 heterocycles. The van der Waals surface area contributed by atoms with Crippen LogP contribution in [0.2, 0.25) is 0 Å². The van der Waals surface area contributed by atoms with Crippen molar-refractivity contribution in [1.82, 2.24) is 24.7 Å². The topological polar surface area (TPSA) is 89.6 Å². The van der Waals surface area contributed by atoms with E-state index in [2.05, 4.69) is 20.1 Å². The lowest BCUT2D eigenvalue weighted by atomic mass is 10.3. The molecule has 0 saturated heterocycles. The first-order chi connectivity index (χ1) is 11.6. The van der Waals surface area contributed by atoms with Crippen molar-refractivity contribution in [2.45, 2.75) is 30.8 Å². The molecule has 0 amide bonds. The van der Waals surface area contributed by atoms with E-state index in [4.69, 9.17) is 4.42 Å². The first-order valence-electron chi connectivity index (χ1n) is 7.56. The summed E-state index contributed by atoms with van der Waals surface area (Å²) in [6, 6.07) is 7.74. The molecule has 0 unspecified atom stereocenters. The zero-order valence-electron chi connectivity index (χ0n) is 13.2. The molecule has 0 aliphatic rings. The molecule has 4 rings (SSSR count). The molecule has 4 aromatic rings. The van der Waals surface area contributed by atoms with Gasteiger partial charge < -0.3 is 9.40 Å². The van der Waals surface area contributed by atoms with Crippen molar-refractivity contribution in [3.8, 4) is 0 Å². The molecule has 0 aliphatic heterocycles. The van der Waals surface area contributed by atoms with Gasteiger partial charge in [0.1, 0.15) is 10.9 Å². The second-order valence-corrected chi connectivity index (χ2v) is 6.62. The summed E-state index contributed by atoms with van der Waals surface area (Å²) >= 11 is 1.38. The van der Waals surface area contributed by atoms with Crippen molar-refractivity contribution >= 4 is 33.9 Å². The smallest absolute Gasteiger partial charge is 0.262 e. The normalized spacial score (nSPS) is 11.8.